The molecule has 0 saturated carbocycles. The first kappa shape index (κ1) is 11.1. The van der Waals surface area contributed by atoms with Crippen LogP contribution in [0.1, 0.15) is 0 Å². The summed E-state index contributed by atoms with van der Waals surface area (Å²) in [7, 11) is 5.87. The molecule has 0 saturated heterocycles. The van der Waals surface area contributed by atoms with Gasteiger partial charge in [-0.25, -0.2) is 0 Å². The van der Waals surface area contributed by atoms with Gasteiger partial charge in [-0.05, 0) is 12.1 Å². The highest BCUT2D eigenvalue weighted by Crippen LogP contribution is 2.40. The number of rotatable bonds is 2. The number of ether oxygens (including phenoxy) is 1. The van der Waals surface area contributed by atoms with Crippen LogP contribution in [0.3, 0.4) is 0 Å². The number of fused-ring (bicyclic) bond motifs is 1. The Labute approximate surface area is 96.6 Å². The predicted molar refractivity (Wildman–Crippen MR) is 67.5 cm³/mol. The number of hydrogen-bond acceptors (Lipinski definition) is 4. The van der Waals surface area contributed by atoms with Gasteiger partial charge in [0.25, 0.3) is 0 Å². The highest BCUT2D eigenvalue weighted by atomic mass is 16.5. The van der Waals surface area contributed by atoms with E-state index in [2.05, 4.69) is 30.0 Å². The minimum atomic E-state index is 0.365. The van der Waals surface area contributed by atoms with Gasteiger partial charge in [-0.1, -0.05) is 6.07 Å². The fourth-order valence-electron chi connectivity index (χ4n) is 2.30. The van der Waals surface area contributed by atoms with E-state index in [1.165, 1.54) is 5.69 Å². The molecule has 2 N–H and O–H groups in total. The van der Waals surface area contributed by atoms with Gasteiger partial charge in [-0.15, -0.1) is 0 Å². The van der Waals surface area contributed by atoms with Gasteiger partial charge in [0.1, 0.15) is 11.4 Å². The summed E-state index contributed by atoms with van der Waals surface area (Å²) in [5.74, 6) is 0.919. The molecular formula is C12H19N3O. The normalized spacial score (nSPS) is 19.6. The Kier molecular flexibility index (Phi) is 2.92. The third-order valence-corrected chi connectivity index (χ3v) is 3.26. The second kappa shape index (κ2) is 4.22. The van der Waals surface area contributed by atoms with E-state index in [0.29, 0.717) is 12.6 Å². The third kappa shape index (κ3) is 1.59. The van der Waals surface area contributed by atoms with Crippen molar-refractivity contribution in [1.29, 1.82) is 0 Å². The Morgan fingerprint density at radius 3 is 2.81 bits per heavy atom. The van der Waals surface area contributed by atoms with E-state index in [9.17, 15) is 0 Å². The molecule has 0 aliphatic carbocycles. The maximum absolute atomic E-state index is 5.78. The van der Waals surface area contributed by atoms with Crippen molar-refractivity contribution < 1.29 is 4.74 Å². The highest BCUT2D eigenvalue weighted by Gasteiger charge is 2.27. The first-order valence-electron chi connectivity index (χ1n) is 5.50. The summed E-state index contributed by atoms with van der Waals surface area (Å²) in [6, 6.07) is 6.48. The van der Waals surface area contributed by atoms with E-state index in [0.717, 1.165) is 18.0 Å². The van der Waals surface area contributed by atoms with Crippen LogP contribution in [0, 0.1) is 0 Å². The van der Waals surface area contributed by atoms with Crippen LogP contribution in [0.5, 0.6) is 5.75 Å². The van der Waals surface area contributed by atoms with Gasteiger partial charge in [0.2, 0.25) is 0 Å². The molecule has 4 heteroatoms. The largest absolute Gasteiger partial charge is 0.495 e. The molecule has 16 heavy (non-hydrogen) atoms. The van der Waals surface area contributed by atoms with E-state index in [4.69, 9.17) is 10.5 Å². The quantitative estimate of drug-likeness (QED) is 0.806. The van der Waals surface area contributed by atoms with E-state index in [1.807, 2.05) is 12.1 Å². The molecule has 0 radical (unpaired) electrons. The number of hydrogen-bond donors (Lipinski definition) is 1. The van der Waals surface area contributed by atoms with Gasteiger partial charge in [0, 0.05) is 27.2 Å². The summed E-state index contributed by atoms with van der Waals surface area (Å²) in [5, 5.41) is 0. The van der Waals surface area contributed by atoms with Crippen molar-refractivity contribution in [3.8, 4) is 5.75 Å². The summed E-state index contributed by atoms with van der Waals surface area (Å²) in [4.78, 5) is 4.45. The molecule has 0 amide bonds. The highest BCUT2D eigenvalue weighted by molar-refractivity contribution is 5.79. The maximum atomic E-state index is 5.78. The van der Waals surface area contributed by atoms with Crippen LogP contribution in [0.25, 0.3) is 0 Å². The first-order valence-corrected chi connectivity index (χ1v) is 5.50. The average Bonchev–Trinajstić information content (AvgIpc) is 2.32. The molecule has 0 spiro atoms. The molecule has 2 rings (SSSR count). The summed E-state index contributed by atoms with van der Waals surface area (Å²) in [6.07, 6.45) is 0. The summed E-state index contributed by atoms with van der Waals surface area (Å²) in [6.45, 7) is 1.60. The van der Waals surface area contributed by atoms with Crippen molar-refractivity contribution in [2.24, 2.45) is 5.73 Å². The molecule has 0 fully saturated rings. The fourth-order valence-corrected chi connectivity index (χ4v) is 2.30. The Bertz CT molecular complexity index is 381. The zero-order chi connectivity index (χ0) is 11.7. The van der Waals surface area contributed by atoms with Crippen LogP contribution in [-0.2, 0) is 0 Å². The van der Waals surface area contributed by atoms with Crippen molar-refractivity contribution >= 4 is 11.4 Å². The van der Waals surface area contributed by atoms with Gasteiger partial charge in [0.15, 0.2) is 0 Å². The van der Waals surface area contributed by atoms with Gasteiger partial charge in [-0.2, -0.15) is 0 Å². The SMILES string of the molecule is COc1cccc2c1N(C)CC(CN)N2C. The monoisotopic (exact) mass is 221 g/mol. The average molecular weight is 221 g/mol. The molecule has 1 heterocycles. The zero-order valence-electron chi connectivity index (χ0n) is 10.1. The number of benzene rings is 1. The Morgan fingerprint density at radius 1 is 1.44 bits per heavy atom. The number of methoxy groups -OCH3 is 1. The fraction of sp³-hybridized carbons (Fsp3) is 0.500. The molecule has 1 aromatic carbocycles. The lowest BCUT2D eigenvalue weighted by molar-refractivity contribution is 0.413. The molecule has 0 aromatic heterocycles. The van der Waals surface area contributed by atoms with Crippen LogP contribution in [0.4, 0.5) is 11.4 Å². The van der Waals surface area contributed by atoms with Crippen LogP contribution in [-0.4, -0.2) is 40.3 Å². The number of nitrogens with zero attached hydrogens (tertiary/aromatic N) is 2. The molecule has 0 bridgehead atoms. The second-order valence-corrected chi connectivity index (χ2v) is 4.21. The molecule has 1 unspecified atom stereocenters. The summed E-state index contributed by atoms with van der Waals surface area (Å²) in [5.41, 5.74) is 8.12. The smallest absolute Gasteiger partial charge is 0.144 e. The molecule has 88 valence electrons. The lowest BCUT2D eigenvalue weighted by Crippen LogP contribution is -2.49. The Balaban J connectivity index is 2.49. The van der Waals surface area contributed by atoms with Gasteiger partial charge in [0.05, 0.1) is 18.8 Å². The second-order valence-electron chi connectivity index (χ2n) is 4.21. The lowest BCUT2D eigenvalue weighted by Gasteiger charge is -2.41. The Hall–Kier alpha value is -1.42. The topological polar surface area (TPSA) is 41.7 Å². The van der Waals surface area contributed by atoms with Crippen LogP contribution in [0.15, 0.2) is 18.2 Å². The number of likely N-dealkylation sites (N-methyl/N-ethyl adjacent to an activating group) is 2. The maximum Gasteiger partial charge on any atom is 0.144 e. The Morgan fingerprint density at radius 2 is 2.19 bits per heavy atom. The molecule has 1 atom stereocenters. The minimum absolute atomic E-state index is 0.365. The van der Waals surface area contributed by atoms with Crippen molar-refractivity contribution in [3.05, 3.63) is 18.2 Å². The first-order chi connectivity index (χ1) is 7.69. The van der Waals surface area contributed by atoms with Crippen molar-refractivity contribution in [2.45, 2.75) is 6.04 Å². The number of para-hydroxylation sites is 1. The van der Waals surface area contributed by atoms with Gasteiger partial charge < -0.3 is 20.3 Å². The van der Waals surface area contributed by atoms with Gasteiger partial charge in [-0.3, -0.25) is 0 Å². The summed E-state index contributed by atoms with van der Waals surface area (Å²) < 4.78 is 5.40. The summed E-state index contributed by atoms with van der Waals surface area (Å²) >= 11 is 0. The predicted octanol–water partition coefficient (Wildman–Crippen LogP) is 0.908. The van der Waals surface area contributed by atoms with Crippen molar-refractivity contribution in [2.75, 3.05) is 44.1 Å². The standard InChI is InChI=1S/C12H19N3O/c1-14-8-9(7-13)15(2)10-5-4-6-11(16-3)12(10)14/h4-6,9H,7-8,13H2,1-3H3. The molecule has 4 nitrogen and oxygen atoms in total. The molecule has 1 aliphatic rings. The number of anilines is 2. The van der Waals surface area contributed by atoms with Gasteiger partial charge >= 0.3 is 0 Å². The minimum Gasteiger partial charge on any atom is -0.495 e. The molecule has 1 aliphatic heterocycles. The van der Waals surface area contributed by atoms with Crippen molar-refractivity contribution in [1.82, 2.24) is 0 Å². The van der Waals surface area contributed by atoms with Crippen LogP contribution >= 0.6 is 0 Å². The van der Waals surface area contributed by atoms with E-state index < -0.39 is 0 Å². The van der Waals surface area contributed by atoms with Crippen molar-refractivity contribution in [3.63, 3.8) is 0 Å². The zero-order valence-corrected chi connectivity index (χ0v) is 10.1. The van der Waals surface area contributed by atoms with E-state index in [1.54, 1.807) is 7.11 Å². The van der Waals surface area contributed by atoms with E-state index >= 15 is 0 Å². The molecule has 1 aromatic rings. The van der Waals surface area contributed by atoms with E-state index in [-0.39, 0.29) is 0 Å². The number of nitrogens with two attached hydrogens (primary N) is 1. The molecular weight excluding hydrogens is 202 g/mol. The van der Waals surface area contributed by atoms with Crippen LogP contribution in [0.2, 0.25) is 0 Å². The van der Waals surface area contributed by atoms with Crippen LogP contribution < -0.4 is 20.3 Å². The lowest BCUT2D eigenvalue weighted by atomic mass is 10.1. The third-order valence-electron chi connectivity index (χ3n) is 3.26.